The SMILES string of the molecule is CC(C)CCC(=O)CCCC(C)N. The summed E-state index contributed by atoms with van der Waals surface area (Å²) in [5.41, 5.74) is 5.59. The van der Waals surface area contributed by atoms with Gasteiger partial charge in [-0.3, -0.25) is 4.79 Å². The first-order valence-electron chi connectivity index (χ1n) is 5.29. The monoisotopic (exact) mass is 185 g/mol. The molecule has 0 aromatic rings. The van der Waals surface area contributed by atoms with Crippen molar-refractivity contribution in [3.8, 4) is 0 Å². The molecule has 1 atom stereocenters. The van der Waals surface area contributed by atoms with E-state index >= 15 is 0 Å². The van der Waals surface area contributed by atoms with Gasteiger partial charge in [0.05, 0.1) is 0 Å². The summed E-state index contributed by atoms with van der Waals surface area (Å²) in [7, 11) is 0. The third-order valence-corrected chi connectivity index (χ3v) is 2.12. The van der Waals surface area contributed by atoms with Crippen LogP contribution in [-0.4, -0.2) is 11.8 Å². The highest BCUT2D eigenvalue weighted by Gasteiger charge is 2.04. The molecule has 0 bridgehead atoms. The second-order valence-electron chi connectivity index (χ2n) is 4.34. The van der Waals surface area contributed by atoms with Crippen LogP contribution in [0.25, 0.3) is 0 Å². The summed E-state index contributed by atoms with van der Waals surface area (Å²) >= 11 is 0. The van der Waals surface area contributed by atoms with Crippen molar-refractivity contribution in [1.29, 1.82) is 0 Å². The van der Waals surface area contributed by atoms with Crippen LogP contribution in [0.5, 0.6) is 0 Å². The minimum Gasteiger partial charge on any atom is -0.328 e. The molecule has 0 saturated heterocycles. The number of nitrogens with two attached hydrogens (primary N) is 1. The summed E-state index contributed by atoms with van der Waals surface area (Å²) < 4.78 is 0. The van der Waals surface area contributed by atoms with E-state index in [1.807, 2.05) is 6.92 Å². The summed E-state index contributed by atoms with van der Waals surface area (Å²) in [5.74, 6) is 1.03. The van der Waals surface area contributed by atoms with Gasteiger partial charge in [0.2, 0.25) is 0 Å². The van der Waals surface area contributed by atoms with Crippen molar-refractivity contribution in [2.75, 3.05) is 0 Å². The molecule has 0 fully saturated rings. The first kappa shape index (κ1) is 12.6. The molecule has 0 aliphatic heterocycles. The minimum atomic E-state index is 0.234. The van der Waals surface area contributed by atoms with Gasteiger partial charge in [-0.2, -0.15) is 0 Å². The molecule has 0 aromatic heterocycles. The van der Waals surface area contributed by atoms with Gasteiger partial charge in [0.1, 0.15) is 5.78 Å². The van der Waals surface area contributed by atoms with E-state index in [2.05, 4.69) is 13.8 Å². The van der Waals surface area contributed by atoms with Crippen LogP contribution in [0.4, 0.5) is 0 Å². The van der Waals surface area contributed by atoms with Crippen LogP contribution in [-0.2, 0) is 4.79 Å². The first-order valence-corrected chi connectivity index (χ1v) is 5.29. The fourth-order valence-corrected chi connectivity index (χ4v) is 1.20. The van der Waals surface area contributed by atoms with Crippen LogP contribution in [0.2, 0.25) is 0 Å². The normalized spacial score (nSPS) is 13.3. The van der Waals surface area contributed by atoms with Crippen molar-refractivity contribution >= 4 is 5.78 Å². The van der Waals surface area contributed by atoms with Crippen LogP contribution in [0.15, 0.2) is 0 Å². The zero-order valence-electron chi connectivity index (χ0n) is 9.18. The Hall–Kier alpha value is -0.370. The highest BCUT2D eigenvalue weighted by molar-refractivity contribution is 5.78. The molecule has 2 nitrogen and oxygen atoms in total. The number of ketones is 1. The van der Waals surface area contributed by atoms with Crippen LogP contribution >= 0.6 is 0 Å². The van der Waals surface area contributed by atoms with Crippen LogP contribution in [0.1, 0.15) is 52.9 Å². The number of hydrogen-bond donors (Lipinski definition) is 1. The Morgan fingerprint density at radius 3 is 2.23 bits per heavy atom. The second-order valence-corrected chi connectivity index (χ2v) is 4.34. The molecule has 78 valence electrons. The van der Waals surface area contributed by atoms with E-state index < -0.39 is 0 Å². The fourth-order valence-electron chi connectivity index (χ4n) is 1.20. The molecule has 0 rings (SSSR count). The molecule has 1 unspecified atom stereocenters. The van der Waals surface area contributed by atoms with E-state index in [0.29, 0.717) is 18.1 Å². The quantitative estimate of drug-likeness (QED) is 0.662. The Kier molecular flexibility index (Phi) is 6.87. The van der Waals surface area contributed by atoms with Crippen molar-refractivity contribution in [1.82, 2.24) is 0 Å². The lowest BCUT2D eigenvalue weighted by Gasteiger charge is -2.05. The number of rotatable bonds is 7. The van der Waals surface area contributed by atoms with Gasteiger partial charge in [0.25, 0.3) is 0 Å². The van der Waals surface area contributed by atoms with Gasteiger partial charge in [-0.05, 0) is 32.1 Å². The Morgan fingerprint density at radius 1 is 1.15 bits per heavy atom. The molecule has 0 aromatic carbocycles. The molecule has 0 amide bonds. The summed E-state index contributed by atoms with van der Waals surface area (Å²) in [5, 5.41) is 0. The van der Waals surface area contributed by atoms with Crippen molar-refractivity contribution < 1.29 is 4.79 Å². The van der Waals surface area contributed by atoms with E-state index in [4.69, 9.17) is 5.73 Å². The maximum atomic E-state index is 11.3. The molecule has 0 aliphatic carbocycles. The van der Waals surface area contributed by atoms with E-state index in [1.54, 1.807) is 0 Å². The average molecular weight is 185 g/mol. The molecule has 0 spiro atoms. The van der Waals surface area contributed by atoms with Gasteiger partial charge >= 0.3 is 0 Å². The largest absolute Gasteiger partial charge is 0.328 e. The molecular weight excluding hydrogens is 162 g/mol. The predicted molar refractivity (Wildman–Crippen MR) is 56.6 cm³/mol. The molecule has 2 N–H and O–H groups in total. The maximum absolute atomic E-state index is 11.3. The van der Waals surface area contributed by atoms with Crippen molar-refractivity contribution in [3.63, 3.8) is 0 Å². The average Bonchev–Trinajstić information content (AvgIpc) is 2.00. The Balaban J connectivity index is 3.30. The van der Waals surface area contributed by atoms with E-state index in [-0.39, 0.29) is 6.04 Å². The Labute approximate surface area is 81.9 Å². The van der Waals surface area contributed by atoms with Crippen LogP contribution in [0.3, 0.4) is 0 Å². The van der Waals surface area contributed by atoms with E-state index in [9.17, 15) is 4.79 Å². The third-order valence-electron chi connectivity index (χ3n) is 2.12. The van der Waals surface area contributed by atoms with Gasteiger partial charge in [-0.15, -0.1) is 0 Å². The van der Waals surface area contributed by atoms with Crippen molar-refractivity contribution in [2.24, 2.45) is 11.7 Å². The fraction of sp³-hybridized carbons (Fsp3) is 0.909. The topological polar surface area (TPSA) is 43.1 Å². The van der Waals surface area contributed by atoms with Gasteiger partial charge in [-0.25, -0.2) is 0 Å². The lowest BCUT2D eigenvalue weighted by Crippen LogP contribution is -2.14. The third kappa shape index (κ3) is 9.54. The maximum Gasteiger partial charge on any atom is 0.132 e. The zero-order valence-corrected chi connectivity index (χ0v) is 9.18. The smallest absolute Gasteiger partial charge is 0.132 e. The zero-order chi connectivity index (χ0) is 10.3. The van der Waals surface area contributed by atoms with E-state index in [1.165, 1.54) is 0 Å². The summed E-state index contributed by atoms with van der Waals surface area (Å²) in [4.78, 5) is 11.3. The molecule has 0 saturated carbocycles. The van der Waals surface area contributed by atoms with Gasteiger partial charge < -0.3 is 5.73 Å². The number of carbonyl (C=O) groups is 1. The number of carbonyl (C=O) groups excluding carboxylic acids is 1. The lowest BCUT2D eigenvalue weighted by molar-refractivity contribution is -0.119. The molecule has 13 heavy (non-hydrogen) atoms. The minimum absolute atomic E-state index is 0.234. The highest BCUT2D eigenvalue weighted by atomic mass is 16.1. The Morgan fingerprint density at radius 2 is 1.77 bits per heavy atom. The van der Waals surface area contributed by atoms with Gasteiger partial charge in [-0.1, -0.05) is 13.8 Å². The standard InChI is InChI=1S/C11H23NO/c1-9(2)7-8-11(13)6-4-5-10(3)12/h9-10H,4-8,12H2,1-3H3. The number of hydrogen-bond acceptors (Lipinski definition) is 2. The lowest BCUT2D eigenvalue weighted by atomic mass is 10.0. The molecular formula is C11H23NO. The second kappa shape index (κ2) is 7.07. The van der Waals surface area contributed by atoms with Crippen molar-refractivity contribution in [2.45, 2.75) is 58.9 Å². The van der Waals surface area contributed by atoms with E-state index in [0.717, 1.165) is 25.7 Å². The molecule has 2 heteroatoms. The van der Waals surface area contributed by atoms with Crippen LogP contribution in [0, 0.1) is 5.92 Å². The number of Topliss-reactive ketones (excluding diaryl/α,β-unsaturated/α-hetero) is 1. The summed E-state index contributed by atoms with van der Waals surface area (Å²) in [6.45, 7) is 6.28. The molecule has 0 radical (unpaired) electrons. The molecule has 0 heterocycles. The summed E-state index contributed by atoms with van der Waals surface area (Å²) in [6, 6.07) is 0.234. The summed E-state index contributed by atoms with van der Waals surface area (Å²) in [6.07, 6.45) is 4.41. The van der Waals surface area contributed by atoms with Gasteiger partial charge in [0, 0.05) is 18.9 Å². The highest BCUT2D eigenvalue weighted by Crippen LogP contribution is 2.08. The Bertz CT molecular complexity index is 141. The predicted octanol–water partition coefficient (Wildman–Crippen LogP) is 2.51. The molecule has 0 aliphatic rings. The van der Waals surface area contributed by atoms with Crippen molar-refractivity contribution in [3.05, 3.63) is 0 Å². The first-order chi connectivity index (χ1) is 6.02. The van der Waals surface area contributed by atoms with Gasteiger partial charge in [0.15, 0.2) is 0 Å². The van der Waals surface area contributed by atoms with Crippen LogP contribution < -0.4 is 5.73 Å².